The second-order valence-corrected chi connectivity index (χ2v) is 5.48. The lowest BCUT2D eigenvalue weighted by Crippen LogP contribution is -2.10. The van der Waals surface area contributed by atoms with Crippen LogP contribution in [-0.2, 0) is 0 Å². The molecular weight excluding hydrogens is 277 g/mol. The van der Waals surface area contributed by atoms with Crippen LogP contribution in [-0.4, -0.2) is 0 Å². The van der Waals surface area contributed by atoms with Gasteiger partial charge in [-0.05, 0) is 48.7 Å². The largest absolute Gasteiger partial charge is 0.377 e. The molecule has 1 unspecified atom stereocenters. The van der Waals surface area contributed by atoms with Crippen molar-refractivity contribution in [2.75, 3.05) is 5.32 Å². The van der Waals surface area contributed by atoms with E-state index in [1.54, 1.807) is 0 Å². The molecule has 0 amide bonds. The Morgan fingerprint density at radius 3 is 2.37 bits per heavy atom. The van der Waals surface area contributed by atoms with E-state index in [4.69, 9.17) is 23.2 Å². The van der Waals surface area contributed by atoms with Crippen LogP contribution in [0.15, 0.2) is 42.5 Å². The first-order valence-electron chi connectivity index (χ1n) is 6.38. The molecule has 0 spiro atoms. The first-order valence-corrected chi connectivity index (χ1v) is 7.14. The molecule has 0 bridgehead atoms. The molecule has 19 heavy (non-hydrogen) atoms. The molecule has 0 saturated carbocycles. The number of rotatable bonds is 4. The van der Waals surface area contributed by atoms with Crippen LogP contribution in [0, 0.1) is 6.92 Å². The van der Waals surface area contributed by atoms with Gasteiger partial charge in [0.25, 0.3) is 0 Å². The Morgan fingerprint density at radius 1 is 1.05 bits per heavy atom. The summed E-state index contributed by atoms with van der Waals surface area (Å²) in [5.41, 5.74) is 3.38. The summed E-state index contributed by atoms with van der Waals surface area (Å²) in [5, 5.41) is 5.00. The van der Waals surface area contributed by atoms with Gasteiger partial charge in [0, 0.05) is 5.02 Å². The molecule has 1 nitrogen and oxygen atoms in total. The van der Waals surface area contributed by atoms with E-state index in [-0.39, 0.29) is 6.04 Å². The predicted octanol–water partition coefficient (Wildman–Crippen LogP) is 5.87. The molecule has 1 atom stereocenters. The third-order valence-electron chi connectivity index (χ3n) is 3.13. The lowest BCUT2D eigenvalue weighted by Gasteiger charge is -2.20. The SMILES string of the molecule is CCC(Nc1cc(C)ccc1Cl)c1ccc(Cl)cc1. The minimum Gasteiger partial charge on any atom is -0.377 e. The van der Waals surface area contributed by atoms with Gasteiger partial charge in [0.2, 0.25) is 0 Å². The maximum atomic E-state index is 6.23. The first-order chi connectivity index (χ1) is 9.10. The van der Waals surface area contributed by atoms with Gasteiger partial charge in [-0.25, -0.2) is 0 Å². The Morgan fingerprint density at radius 2 is 1.74 bits per heavy atom. The van der Waals surface area contributed by atoms with Gasteiger partial charge in [-0.2, -0.15) is 0 Å². The highest BCUT2D eigenvalue weighted by Gasteiger charge is 2.11. The topological polar surface area (TPSA) is 12.0 Å². The highest BCUT2D eigenvalue weighted by molar-refractivity contribution is 6.33. The molecule has 2 aromatic carbocycles. The van der Waals surface area contributed by atoms with Crippen molar-refractivity contribution in [2.24, 2.45) is 0 Å². The first kappa shape index (κ1) is 14.2. The van der Waals surface area contributed by atoms with Crippen molar-refractivity contribution in [3.8, 4) is 0 Å². The van der Waals surface area contributed by atoms with Gasteiger partial charge in [-0.3, -0.25) is 0 Å². The fourth-order valence-corrected chi connectivity index (χ4v) is 2.35. The van der Waals surface area contributed by atoms with Crippen molar-refractivity contribution in [1.29, 1.82) is 0 Å². The predicted molar refractivity (Wildman–Crippen MR) is 84.3 cm³/mol. The molecule has 2 rings (SSSR count). The zero-order valence-electron chi connectivity index (χ0n) is 11.1. The summed E-state index contributed by atoms with van der Waals surface area (Å²) in [6, 6.07) is 14.2. The third-order valence-corrected chi connectivity index (χ3v) is 3.71. The number of benzene rings is 2. The highest BCUT2D eigenvalue weighted by atomic mass is 35.5. The van der Waals surface area contributed by atoms with Crippen LogP contribution in [0.2, 0.25) is 10.0 Å². The van der Waals surface area contributed by atoms with E-state index in [0.29, 0.717) is 0 Å². The summed E-state index contributed by atoms with van der Waals surface area (Å²) in [6.07, 6.45) is 0.978. The summed E-state index contributed by atoms with van der Waals surface area (Å²) in [7, 11) is 0. The summed E-state index contributed by atoms with van der Waals surface area (Å²) in [6.45, 7) is 4.21. The molecule has 0 heterocycles. The maximum Gasteiger partial charge on any atom is 0.0637 e. The van der Waals surface area contributed by atoms with Crippen LogP contribution in [0.5, 0.6) is 0 Å². The molecular formula is C16H17Cl2N. The zero-order chi connectivity index (χ0) is 13.8. The number of aryl methyl sites for hydroxylation is 1. The van der Waals surface area contributed by atoms with E-state index < -0.39 is 0 Å². The van der Waals surface area contributed by atoms with Gasteiger partial charge >= 0.3 is 0 Å². The fraction of sp³-hybridized carbons (Fsp3) is 0.250. The van der Waals surface area contributed by atoms with E-state index in [2.05, 4.69) is 25.2 Å². The Kier molecular flexibility index (Phi) is 4.73. The highest BCUT2D eigenvalue weighted by Crippen LogP contribution is 2.29. The Hall–Kier alpha value is -1.18. The Bertz CT molecular complexity index is 549. The lowest BCUT2D eigenvalue weighted by molar-refractivity contribution is 0.749. The zero-order valence-corrected chi connectivity index (χ0v) is 12.6. The van der Waals surface area contributed by atoms with Crippen LogP contribution in [0.25, 0.3) is 0 Å². The van der Waals surface area contributed by atoms with Crippen molar-refractivity contribution in [2.45, 2.75) is 26.3 Å². The second-order valence-electron chi connectivity index (χ2n) is 4.64. The summed E-state index contributed by atoms with van der Waals surface area (Å²) >= 11 is 12.2. The monoisotopic (exact) mass is 293 g/mol. The molecule has 0 radical (unpaired) electrons. The number of nitrogens with one attached hydrogen (secondary N) is 1. The summed E-state index contributed by atoms with van der Waals surface area (Å²) < 4.78 is 0. The second kappa shape index (κ2) is 6.31. The smallest absolute Gasteiger partial charge is 0.0637 e. The van der Waals surface area contributed by atoms with Crippen LogP contribution in [0.1, 0.15) is 30.5 Å². The molecule has 0 aliphatic carbocycles. The molecule has 3 heteroatoms. The van der Waals surface area contributed by atoms with Crippen molar-refractivity contribution in [1.82, 2.24) is 0 Å². The summed E-state index contributed by atoms with van der Waals surface area (Å²) in [5.74, 6) is 0. The normalized spacial score (nSPS) is 12.2. The molecule has 0 fully saturated rings. The number of halogens is 2. The molecule has 0 aliphatic rings. The van der Waals surface area contributed by atoms with Gasteiger partial charge in [-0.1, -0.05) is 48.3 Å². The number of hydrogen-bond donors (Lipinski definition) is 1. The summed E-state index contributed by atoms with van der Waals surface area (Å²) in [4.78, 5) is 0. The molecule has 0 aromatic heterocycles. The van der Waals surface area contributed by atoms with E-state index in [9.17, 15) is 0 Å². The van der Waals surface area contributed by atoms with E-state index in [1.165, 1.54) is 11.1 Å². The van der Waals surface area contributed by atoms with E-state index in [0.717, 1.165) is 22.2 Å². The maximum absolute atomic E-state index is 6.23. The minimum atomic E-state index is 0.233. The Labute approximate surface area is 124 Å². The molecule has 1 N–H and O–H groups in total. The molecule has 0 aliphatic heterocycles. The van der Waals surface area contributed by atoms with Crippen LogP contribution < -0.4 is 5.32 Å². The minimum absolute atomic E-state index is 0.233. The van der Waals surface area contributed by atoms with Crippen LogP contribution in [0.4, 0.5) is 5.69 Å². The van der Waals surface area contributed by atoms with Crippen LogP contribution >= 0.6 is 23.2 Å². The van der Waals surface area contributed by atoms with Crippen molar-refractivity contribution >= 4 is 28.9 Å². The van der Waals surface area contributed by atoms with Crippen LogP contribution in [0.3, 0.4) is 0 Å². The van der Waals surface area contributed by atoms with E-state index >= 15 is 0 Å². The standard InChI is InChI=1S/C16H17Cl2N/c1-3-15(12-5-7-13(17)8-6-12)19-16-10-11(2)4-9-14(16)18/h4-10,15,19H,3H2,1-2H3. The molecule has 0 saturated heterocycles. The molecule has 2 aromatic rings. The van der Waals surface area contributed by atoms with Crippen molar-refractivity contribution in [3.63, 3.8) is 0 Å². The fourth-order valence-electron chi connectivity index (χ4n) is 2.05. The number of hydrogen-bond acceptors (Lipinski definition) is 1. The third kappa shape index (κ3) is 3.65. The Balaban J connectivity index is 2.23. The van der Waals surface area contributed by atoms with Gasteiger partial charge in [0.1, 0.15) is 0 Å². The average Bonchev–Trinajstić information content (AvgIpc) is 2.41. The average molecular weight is 294 g/mol. The van der Waals surface area contributed by atoms with Gasteiger partial charge < -0.3 is 5.32 Å². The quantitative estimate of drug-likeness (QED) is 0.744. The van der Waals surface area contributed by atoms with Crippen molar-refractivity contribution < 1.29 is 0 Å². The van der Waals surface area contributed by atoms with Gasteiger partial charge in [0.05, 0.1) is 16.8 Å². The van der Waals surface area contributed by atoms with Gasteiger partial charge in [-0.15, -0.1) is 0 Å². The lowest BCUT2D eigenvalue weighted by atomic mass is 10.0. The van der Waals surface area contributed by atoms with E-state index in [1.807, 2.05) is 36.4 Å². The molecule has 100 valence electrons. The van der Waals surface area contributed by atoms with Crippen molar-refractivity contribution in [3.05, 3.63) is 63.6 Å². The number of anilines is 1. The van der Waals surface area contributed by atoms with Gasteiger partial charge in [0.15, 0.2) is 0 Å².